The van der Waals surface area contributed by atoms with Crippen LogP contribution in [0.3, 0.4) is 0 Å². The molecule has 8 nitrogen and oxygen atoms in total. The molecule has 0 amide bonds. The van der Waals surface area contributed by atoms with Crippen molar-refractivity contribution in [2.75, 3.05) is 11.8 Å². The molecular formula is C12H12ClN5O3S2. The van der Waals surface area contributed by atoms with E-state index in [1.54, 1.807) is 19.4 Å². The van der Waals surface area contributed by atoms with Gasteiger partial charge >= 0.3 is 0 Å². The fraction of sp³-hybridized carbons (Fsp3) is 0.250. The number of ether oxygens (including phenoxy) is 1. The largest absolute Gasteiger partial charge is 0.378 e. The van der Waals surface area contributed by atoms with Crippen LogP contribution in [0.25, 0.3) is 5.65 Å². The van der Waals surface area contributed by atoms with Crippen molar-refractivity contribution in [1.82, 2.24) is 19.6 Å². The zero-order valence-electron chi connectivity index (χ0n) is 12.1. The summed E-state index contributed by atoms with van der Waals surface area (Å²) in [6, 6.07) is 0. The van der Waals surface area contributed by atoms with Crippen LogP contribution >= 0.6 is 22.9 Å². The molecule has 0 aliphatic carbocycles. The Morgan fingerprint density at radius 3 is 3.00 bits per heavy atom. The van der Waals surface area contributed by atoms with Gasteiger partial charge in [0.15, 0.2) is 10.8 Å². The molecule has 0 radical (unpaired) electrons. The predicted molar refractivity (Wildman–Crippen MR) is 86.4 cm³/mol. The Hall–Kier alpha value is -1.75. The number of rotatable bonds is 5. The van der Waals surface area contributed by atoms with Gasteiger partial charge in [-0.1, -0.05) is 11.6 Å². The molecular weight excluding hydrogens is 362 g/mol. The van der Waals surface area contributed by atoms with Crippen molar-refractivity contribution < 1.29 is 13.2 Å². The first kappa shape index (κ1) is 16.1. The minimum absolute atomic E-state index is 0.0346. The lowest BCUT2D eigenvalue weighted by Crippen LogP contribution is -2.14. The van der Waals surface area contributed by atoms with Gasteiger partial charge in [0.25, 0.3) is 10.0 Å². The minimum atomic E-state index is -3.82. The van der Waals surface area contributed by atoms with Crippen LogP contribution in [0.4, 0.5) is 5.13 Å². The number of fused-ring (bicyclic) bond motifs is 1. The first-order valence-electron chi connectivity index (χ1n) is 6.37. The van der Waals surface area contributed by atoms with Gasteiger partial charge in [0.1, 0.15) is 9.92 Å². The normalized spacial score (nSPS) is 12.0. The van der Waals surface area contributed by atoms with Gasteiger partial charge in [0.05, 0.1) is 30.4 Å². The molecule has 3 rings (SSSR count). The van der Waals surface area contributed by atoms with Gasteiger partial charge < -0.3 is 4.74 Å². The number of aryl methyl sites for hydroxylation is 1. The molecule has 3 aromatic heterocycles. The van der Waals surface area contributed by atoms with Gasteiger partial charge in [0, 0.05) is 12.5 Å². The van der Waals surface area contributed by atoms with Crippen LogP contribution in [0.2, 0.25) is 5.02 Å². The molecule has 3 heterocycles. The number of nitrogens with zero attached hydrogens (tertiary/aromatic N) is 4. The van der Waals surface area contributed by atoms with Gasteiger partial charge in [0.2, 0.25) is 0 Å². The van der Waals surface area contributed by atoms with Crippen LogP contribution < -0.4 is 4.72 Å². The number of halogens is 1. The Kier molecular flexibility index (Phi) is 4.23. The lowest BCUT2D eigenvalue weighted by atomic mass is 10.5. The lowest BCUT2D eigenvalue weighted by Gasteiger charge is -2.05. The highest BCUT2D eigenvalue weighted by atomic mass is 35.5. The molecule has 3 aromatic rings. The third-order valence-corrected chi connectivity index (χ3v) is 5.60. The number of hydrogen-bond acceptors (Lipinski definition) is 7. The summed E-state index contributed by atoms with van der Waals surface area (Å²) in [5.41, 5.74) is 1.63. The Morgan fingerprint density at radius 2 is 2.26 bits per heavy atom. The number of aromatic nitrogens is 4. The van der Waals surface area contributed by atoms with Crippen molar-refractivity contribution in [1.29, 1.82) is 0 Å². The van der Waals surface area contributed by atoms with E-state index in [2.05, 4.69) is 19.8 Å². The Morgan fingerprint density at radius 1 is 1.48 bits per heavy atom. The highest BCUT2D eigenvalue weighted by Gasteiger charge is 2.19. The topological polar surface area (TPSA) is 98.5 Å². The van der Waals surface area contributed by atoms with Crippen LogP contribution in [0, 0.1) is 6.92 Å². The average molecular weight is 374 g/mol. The van der Waals surface area contributed by atoms with Crippen LogP contribution in [-0.2, 0) is 21.4 Å². The summed E-state index contributed by atoms with van der Waals surface area (Å²) < 4.78 is 33.5. The van der Waals surface area contributed by atoms with E-state index in [0.29, 0.717) is 28.7 Å². The third kappa shape index (κ3) is 3.15. The van der Waals surface area contributed by atoms with E-state index in [-0.39, 0.29) is 10.0 Å². The van der Waals surface area contributed by atoms with E-state index in [1.165, 1.54) is 28.2 Å². The highest BCUT2D eigenvalue weighted by molar-refractivity contribution is 7.93. The molecule has 0 aliphatic heterocycles. The third-order valence-electron chi connectivity index (χ3n) is 2.93. The van der Waals surface area contributed by atoms with Crippen molar-refractivity contribution in [2.45, 2.75) is 18.4 Å². The molecule has 0 aliphatic rings. The molecule has 0 spiro atoms. The minimum Gasteiger partial charge on any atom is -0.378 e. The lowest BCUT2D eigenvalue weighted by molar-refractivity contribution is 0.182. The van der Waals surface area contributed by atoms with Crippen LogP contribution in [-0.4, -0.2) is 35.1 Å². The van der Waals surface area contributed by atoms with Crippen LogP contribution in [0.1, 0.15) is 11.4 Å². The maximum Gasteiger partial charge on any atom is 0.266 e. The van der Waals surface area contributed by atoms with Gasteiger partial charge in [-0.15, -0.1) is 11.3 Å². The number of anilines is 1. The quantitative estimate of drug-likeness (QED) is 0.735. The fourth-order valence-electron chi connectivity index (χ4n) is 1.88. The van der Waals surface area contributed by atoms with Crippen LogP contribution in [0.5, 0.6) is 0 Å². The maximum atomic E-state index is 12.4. The number of thiazole rings is 1. The van der Waals surface area contributed by atoms with Crippen molar-refractivity contribution in [2.24, 2.45) is 0 Å². The van der Waals surface area contributed by atoms with E-state index in [4.69, 9.17) is 16.3 Å². The van der Waals surface area contributed by atoms with Crippen LogP contribution in [0.15, 0.2) is 22.7 Å². The van der Waals surface area contributed by atoms with Crippen molar-refractivity contribution in [3.63, 3.8) is 0 Å². The SMILES string of the molecule is COCc1csc(NS(=O)(=O)c2cnc3c(Cl)c(C)nn3c2)n1. The van der Waals surface area contributed by atoms with Crippen molar-refractivity contribution >= 4 is 43.7 Å². The molecule has 1 N–H and O–H groups in total. The predicted octanol–water partition coefficient (Wildman–Crippen LogP) is 2.09. The molecule has 0 saturated heterocycles. The van der Waals surface area contributed by atoms with E-state index >= 15 is 0 Å². The molecule has 23 heavy (non-hydrogen) atoms. The molecule has 11 heteroatoms. The number of nitrogens with one attached hydrogen (secondary N) is 1. The Bertz CT molecular complexity index is 966. The molecule has 0 bridgehead atoms. The van der Waals surface area contributed by atoms with Gasteiger partial charge in [-0.3, -0.25) is 4.72 Å². The standard InChI is InChI=1S/C12H12ClN5O3S2/c1-7-10(13)11-14-3-9(4-18(11)16-7)23(19,20)17-12-15-8(5-21-2)6-22-12/h3-4,6H,5H2,1-2H3,(H,15,17). The summed E-state index contributed by atoms with van der Waals surface area (Å²) in [7, 11) is -2.28. The summed E-state index contributed by atoms with van der Waals surface area (Å²) in [6.07, 6.45) is 2.58. The Balaban J connectivity index is 1.92. The molecule has 0 atom stereocenters. The first-order chi connectivity index (χ1) is 10.9. The van der Waals surface area contributed by atoms with E-state index in [0.717, 1.165) is 0 Å². The number of methoxy groups -OCH3 is 1. The smallest absolute Gasteiger partial charge is 0.266 e. The summed E-state index contributed by atoms with van der Waals surface area (Å²) in [4.78, 5) is 8.15. The number of sulfonamides is 1. The van der Waals surface area contributed by atoms with E-state index in [1.807, 2.05) is 0 Å². The number of hydrogen-bond donors (Lipinski definition) is 1. The second-order valence-corrected chi connectivity index (χ2v) is 7.56. The Labute approximate surface area is 141 Å². The molecule has 0 aromatic carbocycles. The molecule has 0 fully saturated rings. The van der Waals surface area contributed by atoms with Crippen molar-refractivity contribution in [3.05, 3.63) is 34.2 Å². The molecule has 0 saturated carbocycles. The molecule has 0 unspecified atom stereocenters. The second-order valence-electron chi connectivity index (χ2n) is 4.64. The highest BCUT2D eigenvalue weighted by Crippen LogP contribution is 2.23. The summed E-state index contributed by atoms with van der Waals surface area (Å²) in [5.74, 6) is 0. The average Bonchev–Trinajstić information content (AvgIpc) is 3.04. The maximum absolute atomic E-state index is 12.4. The zero-order chi connectivity index (χ0) is 16.6. The van der Waals surface area contributed by atoms with E-state index < -0.39 is 10.0 Å². The first-order valence-corrected chi connectivity index (χ1v) is 9.11. The second kappa shape index (κ2) is 6.04. The van der Waals surface area contributed by atoms with Gasteiger partial charge in [-0.25, -0.2) is 22.9 Å². The van der Waals surface area contributed by atoms with Gasteiger partial charge in [-0.2, -0.15) is 5.10 Å². The van der Waals surface area contributed by atoms with Gasteiger partial charge in [-0.05, 0) is 6.92 Å². The summed E-state index contributed by atoms with van der Waals surface area (Å²) in [5, 5.41) is 6.50. The van der Waals surface area contributed by atoms with Crippen molar-refractivity contribution in [3.8, 4) is 0 Å². The summed E-state index contributed by atoms with van der Waals surface area (Å²) >= 11 is 7.22. The summed E-state index contributed by atoms with van der Waals surface area (Å²) in [6.45, 7) is 2.03. The molecule has 122 valence electrons. The monoisotopic (exact) mass is 373 g/mol. The van der Waals surface area contributed by atoms with E-state index in [9.17, 15) is 8.42 Å². The zero-order valence-corrected chi connectivity index (χ0v) is 14.5. The fourth-order valence-corrected chi connectivity index (χ4v) is 3.94.